The number of nitrogen functional groups attached to an aromatic ring is 1. The van der Waals surface area contributed by atoms with E-state index in [4.69, 9.17) is 5.73 Å². The summed E-state index contributed by atoms with van der Waals surface area (Å²) in [4.78, 5) is 2.30. The molecule has 6 heteroatoms. The van der Waals surface area contributed by atoms with Crippen LogP contribution in [-0.4, -0.2) is 39.4 Å². The third-order valence-corrected chi connectivity index (χ3v) is 5.07. The molecule has 0 amide bonds. The molecule has 1 rings (SSSR count). The number of para-hydroxylation sites is 1. The van der Waals surface area contributed by atoms with Crippen LogP contribution >= 0.6 is 0 Å². The molecule has 0 bridgehead atoms. The molecular weight excluding hydrogens is 274 g/mol. The molecule has 0 heterocycles. The predicted molar refractivity (Wildman–Crippen MR) is 84.5 cm³/mol. The van der Waals surface area contributed by atoms with E-state index in [1.54, 1.807) is 12.1 Å². The average molecular weight is 299 g/mol. The van der Waals surface area contributed by atoms with Gasteiger partial charge in [0.25, 0.3) is 0 Å². The number of nitrogens with zero attached hydrogens (tertiary/aromatic N) is 2. The Morgan fingerprint density at radius 2 is 1.85 bits per heavy atom. The zero-order valence-corrected chi connectivity index (χ0v) is 13.7. The molecule has 0 saturated carbocycles. The summed E-state index contributed by atoms with van der Waals surface area (Å²) in [5, 5.41) is 0. The summed E-state index contributed by atoms with van der Waals surface area (Å²) in [5.41, 5.74) is 7.23. The lowest BCUT2D eigenvalue weighted by Crippen LogP contribution is -2.32. The van der Waals surface area contributed by atoms with Gasteiger partial charge in [-0.25, -0.2) is 12.7 Å². The Morgan fingerprint density at radius 3 is 2.30 bits per heavy atom. The molecule has 0 atom stereocenters. The van der Waals surface area contributed by atoms with Gasteiger partial charge >= 0.3 is 0 Å². The second kappa shape index (κ2) is 6.45. The van der Waals surface area contributed by atoms with Crippen LogP contribution in [0.1, 0.15) is 27.2 Å². The Kier molecular flexibility index (Phi) is 5.42. The summed E-state index contributed by atoms with van der Waals surface area (Å²) >= 11 is 0. The van der Waals surface area contributed by atoms with E-state index in [1.807, 2.05) is 6.07 Å². The smallest absolute Gasteiger partial charge is 0.244 e. The molecule has 1 aromatic carbocycles. The lowest BCUT2D eigenvalue weighted by Gasteiger charge is -2.30. The van der Waals surface area contributed by atoms with E-state index in [0.717, 1.165) is 18.7 Å². The highest BCUT2D eigenvalue weighted by Crippen LogP contribution is 2.32. The standard InChI is InChI=1S/C14H25N3O2S/c1-6-10-17(11(2)3)12-8-7-9-13(14(12)15)20(18,19)16(4)5/h7-9,11H,6,10,15H2,1-5H3. The van der Waals surface area contributed by atoms with Crippen molar-refractivity contribution in [1.82, 2.24) is 4.31 Å². The van der Waals surface area contributed by atoms with Crippen molar-refractivity contribution in [2.45, 2.75) is 38.1 Å². The Morgan fingerprint density at radius 1 is 1.25 bits per heavy atom. The van der Waals surface area contributed by atoms with Crippen LogP contribution in [0.4, 0.5) is 11.4 Å². The summed E-state index contributed by atoms with van der Waals surface area (Å²) < 4.78 is 25.7. The molecule has 0 unspecified atom stereocenters. The molecule has 0 aliphatic heterocycles. The summed E-state index contributed by atoms with van der Waals surface area (Å²) in [6.45, 7) is 7.07. The second-order valence-electron chi connectivity index (χ2n) is 5.26. The van der Waals surface area contributed by atoms with E-state index >= 15 is 0 Å². The number of anilines is 2. The lowest BCUT2D eigenvalue weighted by atomic mass is 10.2. The van der Waals surface area contributed by atoms with Crippen LogP contribution in [0.3, 0.4) is 0 Å². The second-order valence-corrected chi connectivity index (χ2v) is 7.38. The van der Waals surface area contributed by atoms with Gasteiger partial charge in [0.05, 0.1) is 11.4 Å². The van der Waals surface area contributed by atoms with Gasteiger partial charge in [-0.2, -0.15) is 0 Å². The summed E-state index contributed by atoms with van der Waals surface area (Å²) in [6.07, 6.45) is 0.974. The van der Waals surface area contributed by atoms with Crippen LogP contribution in [0.25, 0.3) is 0 Å². The van der Waals surface area contributed by atoms with Gasteiger partial charge < -0.3 is 10.6 Å². The topological polar surface area (TPSA) is 66.6 Å². The molecule has 0 saturated heterocycles. The monoisotopic (exact) mass is 299 g/mol. The zero-order chi connectivity index (χ0) is 15.5. The fourth-order valence-electron chi connectivity index (χ4n) is 2.10. The molecule has 0 aromatic heterocycles. The van der Waals surface area contributed by atoms with E-state index in [-0.39, 0.29) is 10.9 Å². The van der Waals surface area contributed by atoms with Crippen LogP contribution < -0.4 is 10.6 Å². The number of hydrogen-bond donors (Lipinski definition) is 1. The van der Waals surface area contributed by atoms with Crippen LogP contribution in [0.5, 0.6) is 0 Å². The van der Waals surface area contributed by atoms with Gasteiger partial charge in [0.15, 0.2) is 0 Å². The van der Waals surface area contributed by atoms with Crippen LogP contribution in [0.15, 0.2) is 23.1 Å². The third-order valence-electron chi connectivity index (χ3n) is 3.20. The maximum absolute atomic E-state index is 12.3. The van der Waals surface area contributed by atoms with Crippen molar-refractivity contribution in [3.63, 3.8) is 0 Å². The highest BCUT2D eigenvalue weighted by atomic mass is 32.2. The van der Waals surface area contributed by atoms with Crippen molar-refractivity contribution in [3.05, 3.63) is 18.2 Å². The summed E-state index contributed by atoms with van der Waals surface area (Å²) in [6, 6.07) is 5.43. The Labute approximate surface area is 122 Å². The van der Waals surface area contributed by atoms with Gasteiger partial charge in [-0.05, 0) is 32.4 Å². The SMILES string of the molecule is CCCN(c1cccc(S(=O)(=O)N(C)C)c1N)C(C)C. The molecule has 20 heavy (non-hydrogen) atoms. The highest BCUT2D eigenvalue weighted by molar-refractivity contribution is 7.89. The van der Waals surface area contributed by atoms with Crippen molar-refractivity contribution in [2.24, 2.45) is 0 Å². The molecular formula is C14H25N3O2S. The zero-order valence-electron chi connectivity index (χ0n) is 12.9. The molecule has 114 valence electrons. The van der Waals surface area contributed by atoms with Gasteiger partial charge in [-0.15, -0.1) is 0 Å². The predicted octanol–water partition coefficient (Wildman–Crippen LogP) is 2.14. The number of rotatable bonds is 6. The van der Waals surface area contributed by atoms with E-state index in [9.17, 15) is 8.42 Å². The number of sulfonamides is 1. The first-order valence-electron chi connectivity index (χ1n) is 6.81. The molecule has 0 aliphatic rings. The first-order chi connectivity index (χ1) is 9.23. The van der Waals surface area contributed by atoms with E-state index in [2.05, 4.69) is 25.7 Å². The van der Waals surface area contributed by atoms with Crippen molar-refractivity contribution < 1.29 is 8.42 Å². The Balaban J connectivity index is 3.39. The molecule has 0 fully saturated rings. The first-order valence-corrected chi connectivity index (χ1v) is 8.25. The minimum Gasteiger partial charge on any atom is -0.396 e. The van der Waals surface area contributed by atoms with Crippen molar-refractivity contribution >= 4 is 21.4 Å². The van der Waals surface area contributed by atoms with E-state index in [0.29, 0.717) is 5.69 Å². The Hall–Kier alpha value is -1.27. The van der Waals surface area contributed by atoms with Gasteiger partial charge in [0, 0.05) is 26.7 Å². The quantitative estimate of drug-likeness (QED) is 0.817. The van der Waals surface area contributed by atoms with Gasteiger partial charge in [0.2, 0.25) is 10.0 Å². The van der Waals surface area contributed by atoms with Crippen molar-refractivity contribution in [2.75, 3.05) is 31.3 Å². The fraction of sp³-hybridized carbons (Fsp3) is 0.571. The van der Waals surface area contributed by atoms with Gasteiger partial charge in [0.1, 0.15) is 4.90 Å². The van der Waals surface area contributed by atoms with E-state index < -0.39 is 10.0 Å². The molecule has 1 aromatic rings. The normalized spacial score (nSPS) is 12.2. The number of benzene rings is 1. The maximum Gasteiger partial charge on any atom is 0.244 e. The van der Waals surface area contributed by atoms with Crippen molar-refractivity contribution in [1.29, 1.82) is 0 Å². The third kappa shape index (κ3) is 3.24. The number of nitrogens with two attached hydrogens (primary N) is 1. The highest BCUT2D eigenvalue weighted by Gasteiger charge is 2.23. The van der Waals surface area contributed by atoms with Gasteiger partial charge in [-0.3, -0.25) is 0 Å². The van der Waals surface area contributed by atoms with Crippen LogP contribution in [-0.2, 0) is 10.0 Å². The van der Waals surface area contributed by atoms with Crippen LogP contribution in [0.2, 0.25) is 0 Å². The maximum atomic E-state index is 12.3. The van der Waals surface area contributed by atoms with Crippen molar-refractivity contribution in [3.8, 4) is 0 Å². The Bertz CT molecular complexity index is 554. The minimum absolute atomic E-state index is 0.168. The molecule has 0 radical (unpaired) electrons. The largest absolute Gasteiger partial charge is 0.396 e. The fourth-order valence-corrected chi connectivity index (χ4v) is 3.13. The molecule has 0 spiro atoms. The summed E-state index contributed by atoms with van der Waals surface area (Å²) in [5.74, 6) is 0. The molecule has 0 aliphatic carbocycles. The number of hydrogen-bond acceptors (Lipinski definition) is 4. The minimum atomic E-state index is -3.52. The van der Waals surface area contributed by atoms with E-state index in [1.165, 1.54) is 18.4 Å². The summed E-state index contributed by atoms with van der Waals surface area (Å²) in [7, 11) is -0.507. The van der Waals surface area contributed by atoms with Gasteiger partial charge in [-0.1, -0.05) is 13.0 Å². The first kappa shape index (κ1) is 16.8. The lowest BCUT2D eigenvalue weighted by molar-refractivity contribution is 0.521. The van der Waals surface area contributed by atoms with Crippen LogP contribution in [0, 0.1) is 0 Å². The average Bonchev–Trinajstić information content (AvgIpc) is 2.36. The molecule has 5 nitrogen and oxygen atoms in total. The molecule has 2 N–H and O–H groups in total.